The van der Waals surface area contributed by atoms with Gasteiger partial charge in [-0.3, -0.25) is 19.9 Å². The topological polar surface area (TPSA) is 97.5 Å². The number of amides is 1. The molecule has 7 heteroatoms. The van der Waals surface area contributed by atoms with Gasteiger partial charge in [-0.25, -0.2) is 5.43 Å². The van der Waals surface area contributed by atoms with Gasteiger partial charge in [0.2, 0.25) is 0 Å². The van der Waals surface area contributed by atoms with Crippen molar-refractivity contribution >= 4 is 17.3 Å². The second kappa shape index (κ2) is 8.01. The molecular formula is C20H16N4O3. The van der Waals surface area contributed by atoms with Crippen molar-refractivity contribution < 1.29 is 9.72 Å². The van der Waals surface area contributed by atoms with E-state index in [1.54, 1.807) is 25.3 Å². The lowest BCUT2D eigenvalue weighted by Crippen LogP contribution is -2.21. The van der Waals surface area contributed by atoms with Crippen molar-refractivity contribution in [2.24, 2.45) is 5.10 Å². The molecule has 1 N–H and O–H groups in total. The minimum absolute atomic E-state index is 0.0338. The van der Waals surface area contributed by atoms with Crippen LogP contribution in [-0.2, 0) is 0 Å². The lowest BCUT2D eigenvalue weighted by Gasteiger charge is -2.07. The van der Waals surface area contributed by atoms with E-state index in [2.05, 4.69) is 15.5 Å². The van der Waals surface area contributed by atoms with Gasteiger partial charge in [0.15, 0.2) is 0 Å². The van der Waals surface area contributed by atoms with Crippen molar-refractivity contribution in [2.75, 3.05) is 0 Å². The van der Waals surface area contributed by atoms with Crippen LogP contribution in [0.5, 0.6) is 0 Å². The van der Waals surface area contributed by atoms with Crippen LogP contribution in [-0.4, -0.2) is 21.5 Å². The summed E-state index contributed by atoms with van der Waals surface area (Å²) in [6.45, 7) is 1.58. The van der Waals surface area contributed by atoms with Crippen molar-refractivity contribution in [1.29, 1.82) is 0 Å². The second-order valence-corrected chi connectivity index (χ2v) is 5.74. The Morgan fingerprint density at radius 2 is 1.78 bits per heavy atom. The minimum Gasteiger partial charge on any atom is -0.267 e. The first-order chi connectivity index (χ1) is 13.1. The molecule has 0 saturated carbocycles. The quantitative estimate of drug-likeness (QED) is 0.428. The highest BCUT2D eigenvalue weighted by Crippen LogP contribution is 2.18. The lowest BCUT2D eigenvalue weighted by atomic mass is 10.1. The molecule has 7 nitrogen and oxygen atoms in total. The Balaban J connectivity index is 1.90. The highest BCUT2D eigenvalue weighted by Gasteiger charge is 2.14. The van der Waals surface area contributed by atoms with Crippen LogP contribution in [0.2, 0.25) is 0 Å². The number of nitrogens with zero attached hydrogens (tertiary/aromatic N) is 3. The summed E-state index contributed by atoms with van der Waals surface area (Å²) < 4.78 is 0. The number of nitrogens with one attached hydrogen (secondary N) is 1. The largest absolute Gasteiger partial charge is 0.272 e. The van der Waals surface area contributed by atoms with E-state index in [0.717, 1.165) is 5.56 Å². The summed E-state index contributed by atoms with van der Waals surface area (Å²) >= 11 is 0. The van der Waals surface area contributed by atoms with E-state index in [0.29, 0.717) is 17.0 Å². The first kappa shape index (κ1) is 17.9. The summed E-state index contributed by atoms with van der Waals surface area (Å²) in [5, 5.41) is 15.2. The average molecular weight is 360 g/mol. The molecule has 0 saturated heterocycles. The molecule has 3 aromatic rings. The van der Waals surface area contributed by atoms with Gasteiger partial charge in [-0.1, -0.05) is 36.4 Å². The number of nitro groups is 1. The third-order valence-electron chi connectivity index (χ3n) is 3.88. The molecule has 0 spiro atoms. The Bertz CT molecular complexity index is 961. The van der Waals surface area contributed by atoms with E-state index in [9.17, 15) is 14.9 Å². The number of carbonyl (C=O) groups excluding carboxylic acids is 1. The summed E-state index contributed by atoms with van der Waals surface area (Å²) in [5.41, 5.74) is 5.11. The summed E-state index contributed by atoms with van der Waals surface area (Å²) in [6.07, 6.45) is 1.65. The van der Waals surface area contributed by atoms with Crippen molar-refractivity contribution in [1.82, 2.24) is 10.4 Å². The zero-order chi connectivity index (χ0) is 19.2. The zero-order valence-electron chi connectivity index (χ0n) is 14.5. The average Bonchev–Trinajstić information content (AvgIpc) is 2.69. The van der Waals surface area contributed by atoms with Gasteiger partial charge in [0.25, 0.3) is 11.6 Å². The number of pyridine rings is 1. The number of aryl methyl sites for hydroxylation is 1. The highest BCUT2D eigenvalue weighted by molar-refractivity contribution is 6.12. The molecule has 1 aromatic heterocycles. The van der Waals surface area contributed by atoms with Crippen LogP contribution in [0, 0.1) is 17.0 Å². The van der Waals surface area contributed by atoms with Crippen LogP contribution < -0.4 is 5.43 Å². The molecule has 0 radical (unpaired) electrons. The van der Waals surface area contributed by atoms with Gasteiger partial charge in [0.05, 0.1) is 10.6 Å². The molecule has 27 heavy (non-hydrogen) atoms. The van der Waals surface area contributed by atoms with Crippen molar-refractivity contribution in [3.63, 3.8) is 0 Å². The maximum absolute atomic E-state index is 12.4. The van der Waals surface area contributed by atoms with Crippen molar-refractivity contribution in [3.8, 4) is 0 Å². The van der Waals surface area contributed by atoms with E-state index in [1.807, 2.05) is 36.4 Å². The number of hydrogen-bond acceptors (Lipinski definition) is 5. The van der Waals surface area contributed by atoms with Crippen molar-refractivity contribution in [2.45, 2.75) is 6.92 Å². The first-order valence-corrected chi connectivity index (χ1v) is 8.16. The predicted molar refractivity (Wildman–Crippen MR) is 102 cm³/mol. The maximum atomic E-state index is 12.4. The Labute approximate surface area is 155 Å². The van der Waals surface area contributed by atoms with Crippen LogP contribution in [0.15, 0.2) is 78.0 Å². The fraction of sp³-hybridized carbons (Fsp3) is 0.0500. The van der Waals surface area contributed by atoms with E-state index >= 15 is 0 Å². The molecular weight excluding hydrogens is 344 g/mol. The number of nitro benzene ring substituents is 1. The van der Waals surface area contributed by atoms with Gasteiger partial charge < -0.3 is 0 Å². The lowest BCUT2D eigenvalue weighted by molar-refractivity contribution is -0.385. The van der Waals surface area contributed by atoms with Crippen molar-refractivity contribution in [3.05, 3.63) is 105 Å². The number of aromatic nitrogens is 1. The molecule has 0 aliphatic heterocycles. The molecule has 1 amide bonds. The fourth-order valence-corrected chi connectivity index (χ4v) is 2.54. The Morgan fingerprint density at radius 3 is 2.41 bits per heavy atom. The van der Waals surface area contributed by atoms with Gasteiger partial charge >= 0.3 is 0 Å². The maximum Gasteiger partial charge on any atom is 0.272 e. The monoisotopic (exact) mass is 360 g/mol. The van der Waals surface area contributed by atoms with E-state index < -0.39 is 10.8 Å². The normalized spacial score (nSPS) is 11.1. The molecule has 1 heterocycles. The Kier molecular flexibility index (Phi) is 5.32. The molecule has 0 fully saturated rings. The first-order valence-electron chi connectivity index (χ1n) is 8.16. The summed E-state index contributed by atoms with van der Waals surface area (Å²) in [5.74, 6) is -0.461. The number of benzene rings is 2. The van der Waals surface area contributed by atoms with Crippen LogP contribution in [0.1, 0.15) is 27.2 Å². The van der Waals surface area contributed by atoms with Crippen LogP contribution in [0.3, 0.4) is 0 Å². The molecule has 3 rings (SSSR count). The van der Waals surface area contributed by atoms with Crippen LogP contribution >= 0.6 is 0 Å². The molecule has 0 aliphatic rings. The molecule has 134 valence electrons. The fourth-order valence-electron chi connectivity index (χ4n) is 2.54. The Hall–Kier alpha value is -3.87. The summed E-state index contributed by atoms with van der Waals surface area (Å²) in [4.78, 5) is 27.2. The van der Waals surface area contributed by atoms with Gasteiger partial charge in [-0.15, -0.1) is 0 Å². The van der Waals surface area contributed by atoms with E-state index in [1.165, 1.54) is 18.2 Å². The molecule has 2 aromatic carbocycles. The predicted octanol–water partition coefficient (Wildman–Crippen LogP) is 3.48. The van der Waals surface area contributed by atoms with Crippen LogP contribution in [0.4, 0.5) is 5.69 Å². The summed E-state index contributed by atoms with van der Waals surface area (Å²) in [7, 11) is 0. The molecule has 0 unspecified atom stereocenters. The second-order valence-electron chi connectivity index (χ2n) is 5.74. The van der Waals surface area contributed by atoms with Gasteiger partial charge in [0.1, 0.15) is 5.71 Å². The standard InChI is InChI=1S/C20H16N4O3/c1-14-13-16(10-11-18(14)24(26)27)20(25)23-22-19(15-7-3-2-4-8-15)17-9-5-6-12-21-17/h2-13H,1H3,(H,23,25)/b22-19-. The highest BCUT2D eigenvalue weighted by atomic mass is 16.6. The number of carbonyl (C=O) groups is 1. The van der Waals surface area contributed by atoms with Crippen LogP contribution in [0.25, 0.3) is 0 Å². The Morgan fingerprint density at radius 1 is 1.04 bits per heavy atom. The summed E-state index contributed by atoms with van der Waals surface area (Å²) in [6, 6.07) is 19.0. The van der Waals surface area contributed by atoms with Gasteiger partial charge in [-0.05, 0) is 31.2 Å². The van der Waals surface area contributed by atoms with E-state index in [4.69, 9.17) is 0 Å². The SMILES string of the molecule is Cc1cc(C(=O)N/N=C(/c2ccccc2)c2ccccn2)ccc1[N+](=O)[O-]. The number of rotatable bonds is 5. The minimum atomic E-state index is -0.482. The smallest absolute Gasteiger partial charge is 0.267 e. The number of hydrogen-bond donors (Lipinski definition) is 1. The third kappa shape index (κ3) is 4.21. The molecule has 0 aliphatic carbocycles. The number of hydrazone groups is 1. The molecule has 0 bridgehead atoms. The zero-order valence-corrected chi connectivity index (χ0v) is 14.5. The van der Waals surface area contributed by atoms with Gasteiger partial charge in [0, 0.05) is 29.0 Å². The van der Waals surface area contributed by atoms with E-state index in [-0.39, 0.29) is 11.3 Å². The van der Waals surface area contributed by atoms with Gasteiger partial charge in [-0.2, -0.15) is 5.10 Å². The molecule has 0 atom stereocenters. The third-order valence-corrected chi connectivity index (χ3v) is 3.88.